The lowest BCUT2D eigenvalue weighted by Gasteiger charge is -2.22. The van der Waals surface area contributed by atoms with E-state index in [1.165, 1.54) is 6.07 Å². The molecular weight excluding hydrogens is 325 g/mol. The average Bonchev–Trinajstić information content (AvgIpc) is 2.41. The molecule has 0 aromatic heterocycles. The topological polar surface area (TPSA) is 66.4 Å². The summed E-state index contributed by atoms with van der Waals surface area (Å²) in [6.45, 7) is -0.602. The second kappa shape index (κ2) is 6.62. The van der Waals surface area contributed by atoms with Crippen LogP contribution in [0.3, 0.4) is 0 Å². The molecule has 2 N–H and O–H groups in total. The molecule has 0 atom stereocenters. The third-order valence-electron chi connectivity index (χ3n) is 3.08. The predicted molar refractivity (Wildman–Crippen MR) is 78.0 cm³/mol. The van der Waals surface area contributed by atoms with Gasteiger partial charge in [-0.05, 0) is 36.5 Å². The summed E-state index contributed by atoms with van der Waals surface area (Å²) in [6.07, 6.45) is 1.44. The van der Waals surface area contributed by atoms with Gasteiger partial charge in [-0.25, -0.2) is 17.5 Å². The van der Waals surface area contributed by atoms with Gasteiger partial charge in [0.25, 0.3) is 0 Å². The van der Waals surface area contributed by atoms with Gasteiger partial charge in [0.2, 0.25) is 10.0 Å². The SMILES string of the molecule is O=S(=O)(NC1CCSCC1)c1cc(Cl)cc(CO)c1F. The number of nitrogens with one attached hydrogen (secondary N) is 1. The molecule has 0 aliphatic carbocycles. The number of thioether (sulfide) groups is 1. The Balaban J connectivity index is 2.31. The highest BCUT2D eigenvalue weighted by Gasteiger charge is 2.26. The predicted octanol–water partition coefficient (Wildman–Crippen LogP) is 2.15. The molecule has 0 unspecified atom stereocenters. The van der Waals surface area contributed by atoms with Crippen LogP contribution >= 0.6 is 23.4 Å². The van der Waals surface area contributed by atoms with Gasteiger partial charge in [0.05, 0.1) is 6.61 Å². The first-order valence-electron chi connectivity index (χ1n) is 6.13. The molecule has 0 radical (unpaired) electrons. The Morgan fingerprint density at radius 2 is 2.05 bits per heavy atom. The van der Waals surface area contributed by atoms with E-state index in [0.29, 0.717) is 0 Å². The van der Waals surface area contributed by atoms with E-state index in [-0.39, 0.29) is 16.6 Å². The smallest absolute Gasteiger partial charge is 0.243 e. The van der Waals surface area contributed by atoms with Gasteiger partial charge in [0.15, 0.2) is 0 Å². The number of sulfonamides is 1. The minimum atomic E-state index is -3.98. The van der Waals surface area contributed by atoms with Crippen LogP contribution in [-0.2, 0) is 16.6 Å². The van der Waals surface area contributed by atoms with Crippen molar-refractivity contribution in [2.24, 2.45) is 0 Å². The second-order valence-electron chi connectivity index (χ2n) is 4.54. The maximum Gasteiger partial charge on any atom is 0.243 e. The van der Waals surface area contributed by atoms with E-state index >= 15 is 0 Å². The van der Waals surface area contributed by atoms with Crippen molar-refractivity contribution in [3.05, 3.63) is 28.5 Å². The molecule has 0 bridgehead atoms. The van der Waals surface area contributed by atoms with Crippen LogP contribution in [0.4, 0.5) is 4.39 Å². The Morgan fingerprint density at radius 3 is 2.65 bits per heavy atom. The molecule has 0 spiro atoms. The first-order valence-corrected chi connectivity index (χ1v) is 9.14. The fourth-order valence-corrected chi connectivity index (χ4v) is 4.89. The van der Waals surface area contributed by atoms with E-state index in [0.717, 1.165) is 30.4 Å². The van der Waals surface area contributed by atoms with E-state index in [9.17, 15) is 12.8 Å². The van der Waals surface area contributed by atoms with E-state index in [1.54, 1.807) is 11.8 Å². The van der Waals surface area contributed by atoms with Crippen molar-refractivity contribution < 1.29 is 17.9 Å². The Bertz CT molecular complexity index is 589. The first-order chi connectivity index (χ1) is 9.44. The van der Waals surface area contributed by atoms with Crippen molar-refractivity contribution in [3.63, 3.8) is 0 Å². The molecule has 0 amide bonds. The zero-order valence-corrected chi connectivity index (χ0v) is 13.0. The van der Waals surface area contributed by atoms with Gasteiger partial charge in [-0.2, -0.15) is 11.8 Å². The van der Waals surface area contributed by atoms with Crippen LogP contribution in [0.25, 0.3) is 0 Å². The highest BCUT2D eigenvalue weighted by molar-refractivity contribution is 7.99. The van der Waals surface area contributed by atoms with Crippen molar-refractivity contribution in [3.8, 4) is 0 Å². The molecule has 1 aliphatic rings. The number of aliphatic hydroxyl groups is 1. The third kappa shape index (κ3) is 3.65. The highest BCUT2D eigenvalue weighted by Crippen LogP contribution is 2.25. The van der Waals surface area contributed by atoms with Crippen molar-refractivity contribution >= 4 is 33.4 Å². The van der Waals surface area contributed by atoms with Crippen LogP contribution < -0.4 is 4.72 Å². The van der Waals surface area contributed by atoms with Crippen LogP contribution in [0, 0.1) is 5.82 Å². The summed E-state index contributed by atoms with van der Waals surface area (Å²) in [5, 5.41) is 9.12. The number of aliphatic hydroxyl groups excluding tert-OH is 1. The zero-order valence-electron chi connectivity index (χ0n) is 10.6. The number of hydrogen-bond acceptors (Lipinski definition) is 4. The molecule has 1 aromatic carbocycles. The van der Waals surface area contributed by atoms with Gasteiger partial charge in [0.1, 0.15) is 10.7 Å². The van der Waals surface area contributed by atoms with Gasteiger partial charge in [-0.15, -0.1) is 0 Å². The Hall–Kier alpha value is -0.340. The molecule has 1 aromatic rings. The molecule has 0 saturated carbocycles. The number of benzene rings is 1. The molecule has 4 nitrogen and oxygen atoms in total. The van der Waals surface area contributed by atoms with Crippen LogP contribution in [0.1, 0.15) is 18.4 Å². The molecular formula is C12H15ClFNO3S2. The van der Waals surface area contributed by atoms with Crippen LogP contribution in [0.2, 0.25) is 5.02 Å². The first kappa shape index (κ1) is 16.0. The molecule has 1 saturated heterocycles. The normalized spacial score (nSPS) is 17.4. The molecule has 8 heteroatoms. The fourth-order valence-electron chi connectivity index (χ4n) is 2.03. The summed E-state index contributed by atoms with van der Waals surface area (Å²) in [7, 11) is -3.98. The van der Waals surface area contributed by atoms with Crippen LogP contribution in [-0.4, -0.2) is 31.1 Å². The minimum absolute atomic E-state index is 0.0787. The average molecular weight is 340 g/mol. The summed E-state index contributed by atoms with van der Waals surface area (Å²) in [4.78, 5) is -0.507. The molecule has 112 valence electrons. The van der Waals surface area contributed by atoms with Crippen LogP contribution in [0.5, 0.6) is 0 Å². The maximum atomic E-state index is 14.1. The summed E-state index contributed by atoms with van der Waals surface area (Å²) < 4.78 is 41.1. The lowest BCUT2D eigenvalue weighted by Crippen LogP contribution is -2.37. The Kier molecular flexibility index (Phi) is 5.30. The summed E-state index contributed by atoms with van der Waals surface area (Å²) >= 11 is 7.55. The van der Waals surface area contributed by atoms with E-state index < -0.39 is 27.3 Å². The van der Waals surface area contributed by atoms with Gasteiger partial charge in [0, 0.05) is 16.6 Å². The molecule has 2 rings (SSSR count). The second-order valence-corrected chi connectivity index (χ2v) is 7.89. The summed E-state index contributed by atoms with van der Waals surface area (Å²) in [6, 6.07) is 2.10. The van der Waals surface area contributed by atoms with Crippen LogP contribution in [0.15, 0.2) is 17.0 Å². The van der Waals surface area contributed by atoms with E-state index in [1.807, 2.05) is 0 Å². The largest absolute Gasteiger partial charge is 0.392 e. The van der Waals surface area contributed by atoms with Gasteiger partial charge < -0.3 is 5.11 Å². The maximum absolute atomic E-state index is 14.1. The minimum Gasteiger partial charge on any atom is -0.392 e. The van der Waals surface area contributed by atoms with Crippen molar-refractivity contribution in [1.82, 2.24) is 4.72 Å². The van der Waals surface area contributed by atoms with Gasteiger partial charge >= 0.3 is 0 Å². The van der Waals surface area contributed by atoms with Crippen molar-refractivity contribution in [2.45, 2.75) is 30.4 Å². The summed E-state index contributed by atoms with van der Waals surface area (Å²) in [5.74, 6) is 0.815. The highest BCUT2D eigenvalue weighted by atomic mass is 35.5. The van der Waals surface area contributed by atoms with E-state index in [4.69, 9.17) is 16.7 Å². The molecule has 1 fully saturated rings. The Labute approximate surface area is 126 Å². The monoisotopic (exact) mass is 339 g/mol. The summed E-state index contributed by atoms with van der Waals surface area (Å²) in [5.41, 5.74) is -0.128. The zero-order chi connectivity index (χ0) is 14.8. The fraction of sp³-hybridized carbons (Fsp3) is 0.500. The van der Waals surface area contributed by atoms with Crippen molar-refractivity contribution in [2.75, 3.05) is 11.5 Å². The van der Waals surface area contributed by atoms with Gasteiger partial charge in [-0.3, -0.25) is 0 Å². The standard InChI is InChI=1S/C12H15ClFNO3S2/c13-9-5-8(7-16)12(14)11(6-9)20(17,18)15-10-1-3-19-4-2-10/h5-6,10,15-16H,1-4,7H2. The van der Waals surface area contributed by atoms with E-state index in [2.05, 4.69) is 4.72 Å². The molecule has 20 heavy (non-hydrogen) atoms. The number of rotatable bonds is 4. The lowest BCUT2D eigenvalue weighted by atomic mass is 10.2. The molecule has 1 heterocycles. The third-order valence-corrected chi connectivity index (χ3v) is 5.87. The van der Waals surface area contributed by atoms with Crippen molar-refractivity contribution in [1.29, 1.82) is 0 Å². The number of halogens is 2. The quantitative estimate of drug-likeness (QED) is 0.882. The van der Waals surface area contributed by atoms with Gasteiger partial charge in [-0.1, -0.05) is 11.6 Å². The lowest BCUT2D eigenvalue weighted by molar-refractivity contribution is 0.274. The number of hydrogen-bond donors (Lipinski definition) is 2. The Morgan fingerprint density at radius 1 is 1.40 bits per heavy atom. The molecule has 1 aliphatic heterocycles.